The Morgan fingerprint density at radius 1 is 1.44 bits per heavy atom. The van der Waals surface area contributed by atoms with E-state index in [1.165, 1.54) is 12.1 Å². The summed E-state index contributed by atoms with van der Waals surface area (Å²) >= 11 is 6.86. The second kappa shape index (κ2) is 5.46. The summed E-state index contributed by atoms with van der Waals surface area (Å²) < 4.78 is 18.0. The van der Waals surface area contributed by atoms with E-state index in [2.05, 4.69) is 4.98 Å². The number of ether oxygens (including phenoxy) is 1. The minimum absolute atomic E-state index is 0.248. The van der Waals surface area contributed by atoms with Crippen molar-refractivity contribution in [3.05, 3.63) is 39.4 Å². The van der Waals surface area contributed by atoms with E-state index in [1.54, 1.807) is 19.1 Å². The minimum Gasteiger partial charge on any atom is -0.462 e. The highest BCUT2D eigenvalue weighted by atomic mass is 35.5. The van der Waals surface area contributed by atoms with Crippen LogP contribution in [0.5, 0.6) is 0 Å². The number of benzene rings is 1. The van der Waals surface area contributed by atoms with E-state index in [0.29, 0.717) is 16.1 Å². The lowest BCUT2D eigenvalue weighted by atomic mass is 10.1. The summed E-state index contributed by atoms with van der Waals surface area (Å²) in [7, 11) is 0. The fraction of sp³-hybridized carbons (Fsp3) is 0.167. The van der Waals surface area contributed by atoms with Gasteiger partial charge in [-0.25, -0.2) is 14.2 Å². The Balaban J connectivity index is 2.44. The molecule has 2 rings (SSSR count). The van der Waals surface area contributed by atoms with Crippen LogP contribution in [0.2, 0.25) is 4.47 Å². The number of nitrogens with zero attached hydrogens (tertiary/aromatic N) is 1. The van der Waals surface area contributed by atoms with Crippen LogP contribution in [-0.4, -0.2) is 17.6 Å². The molecule has 6 heteroatoms. The highest BCUT2D eigenvalue weighted by Crippen LogP contribution is 2.31. The number of aromatic nitrogens is 1. The third-order valence-electron chi connectivity index (χ3n) is 2.18. The maximum absolute atomic E-state index is 12.9. The fourth-order valence-electron chi connectivity index (χ4n) is 1.43. The second-order valence-corrected chi connectivity index (χ2v) is 4.95. The standard InChI is InChI=1S/C12H9ClFNO2S/c1-2-17-11(16)10-9(15-12(13)18-10)7-3-5-8(14)6-4-7/h3-6H,2H2,1H3. The Hall–Kier alpha value is -1.46. The van der Waals surface area contributed by atoms with E-state index in [0.717, 1.165) is 11.3 Å². The van der Waals surface area contributed by atoms with E-state index in [4.69, 9.17) is 16.3 Å². The summed E-state index contributed by atoms with van der Waals surface area (Å²) in [6.07, 6.45) is 0. The molecule has 0 fully saturated rings. The molecule has 0 bridgehead atoms. The SMILES string of the molecule is CCOC(=O)c1sc(Cl)nc1-c1ccc(F)cc1. The topological polar surface area (TPSA) is 39.2 Å². The molecule has 3 nitrogen and oxygen atoms in total. The maximum atomic E-state index is 12.9. The molecule has 1 aromatic carbocycles. The highest BCUT2D eigenvalue weighted by Gasteiger charge is 2.19. The average molecular weight is 286 g/mol. The molecule has 18 heavy (non-hydrogen) atoms. The van der Waals surface area contributed by atoms with Crippen LogP contribution >= 0.6 is 22.9 Å². The Kier molecular flexibility index (Phi) is 3.93. The van der Waals surface area contributed by atoms with E-state index >= 15 is 0 Å². The van der Waals surface area contributed by atoms with Gasteiger partial charge >= 0.3 is 5.97 Å². The third-order valence-corrected chi connectivity index (χ3v) is 3.32. The Bertz CT molecular complexity index is 568. The number of carbonyl (C=O) groups is 1. The van der Waals surface area contributed by atoms with Gasteiger partial charge in [0.2, 0.25) is 0 Å². The van der Waals surface area contributed by atoms with Gasteiger partial charge in [-0.3, -0.25) is 0 Å². The zero-order chi connectivity index (χ0) is 13.1. The molecule has 0 aliphatic carbocycles. The molecule has 0 saturated carbocycles. The van der Waals surface area contributed by atoms with Gasteiger partial charge in [-0.15, -0.1) is 0 Å². The molecule has 0 aliphatic rings. The zero-order valence-electron chi connectivity index (χ0n) is 9.44. The molecule has 0 amide bonds. The molecule has 2 aromatic rings. The Morgan fingerprint density at radius 3 is 2.72 bits per heavy atom. The summed E-state index contributed by atoms with van der Waals surface area (Å²) in [5.74, 6) is -0.820. The van der Waals surface area contributed by atoms with Gasteiger partial charge in [0, 0.05) is 5.56 Å². The van der Waals surface area contributed by atoms with Crippen LogP contribution in [-0.2, 0) is 4.74 Å². The van der Waals surface area contributed by atoms with E-state index in [-0.39, 0.29) is 16.9 Å². The van der Waals surface area contributed by atoms with E-state index in [9.17, 15) is 9.18 Å². The van der Waals surface area contributed by atoms with E-state index in [1.807, 2.05) is 0 Å². The molecule has 94 valence electrons. The summed E-state index contributed by atoms with van der Waals surface area (Å²) in [5.41, 5.74) is 1.05. The molecular weight excluding hydrogens is 277 g/mol. The predicted octanol–water partition coefficient (Wildman–Crippen LogP) is 3.78. The van der Waals surface area contributed by atoms with Crippen molar-refractivity contribution >= 4 is 28.9 Å². The van der Waals surface area contributed by atoms with Crippen molar-refractivity contribution in [2.45, 2.75) is 6.92 Å². The molecule has 0 aliphatic heterocycles. The van der Waals surface area contributed by atoms with Gasteiger partial charge in [0.15, 0.2) is 4.47 Å². The first kappa shape index (κ1) is 13.0. The van der Waals surface area contributed by atoms with Crippen LogP contribution in [0.3, 0.4) is 0 Å². The van der Waals surface area contributed by atoms with Crippen molar-refractivity contribution < 1.29 is 13.9 Å². The number of hydrogen-bond donors (Lipinski definition) is 0. The summed E-state index contributed by atoms with van der Waals surface area (Å²) in [6, 6.07) is 5.70. The molecule has 0 N–H and O–H groups in total. The number of rotatable bonds is 3. The normalized spacial score (nSPS) is 10.4. The summed E-state index contributed by atoms with van der Waals surface area (Å²) in [5, 5.41) is 0. The lowest BCUT2D eigenvalue weighted by Crippen LogP contribution is -2.03. The Labute approximate surface area is 112 Å². The third kappa shape index (κ3) is 2.68. The smallest absolute Gasteiger partial charge is 0.350 e. The second-order valence-electron chi connectivity index (χ2n) is 3.37. The highest BCUT2D eigenvalue weighted by molar-refractivity contribution is 7.17. The van der Waals surface area contributed by atoms with Gasteiger partial charge in [-0.2, -0.15) is 0 Å². The van der Waals surface area contributed by atoms with Gasteiger partial charge in [0.1, 0.15) is 10.7 Å². The van der Waals surface area contributed by atoms with Gasteiger partial charge in [0.25, 0.3) is 0 Å². The van der Waals surface area contributed by atoms with E-state index < -0.39 is 5.97 Å². The van der Waals surface area contributed by atoms with Crippen molar-refractivity contribution in [2.75, 3.05) is 6.61 Å². The number of carbonyl (C=O) groups excluding carboxylic acids is 1. The molecule has 0 atom stereocenters. The predicted molar refractivity (Wildman–Crippen MR) is 68.5 cm³/mol. The Morgan fingerprint density at radius 2 is 2.11 bits per heavy atom. The number of esters is 1. The molecule has 0 radical (unpaired) electrons. The quantitative estimate of drug-likeness (QED) is 0.806. The first-order valence-electron chi connectivity index (χ1n) is 5.21. The van der Waals surface area contributed by atoms with Crippen LogP contribution in [0.4, 0.5) is 4.39 Å². The molecule has 1 aromatic heterocycles. The first-order chi connectivity index (χ1) is 8.61. The van der Waals surface area contributed by atoms with Crippen LogP contribution in [0.15, 0.2) is 24.3 Å². The number of thiazole rings is 1. The van der Waals surface area contributed by atoms with Gasteiger partial charge in [0.05, 0.1) is 12.3 Å². The van der Waals surface area contributed by atoms with Crippen LogP contribution < -0.4 is 0 Å². The monoisotopic (exact) mass is 285 g/mol. The number of halogens is 2. The zero-order valence-corrected chi connectivity index (χ0v) is 11.0. The summed E-state index contributed by atoms with van der Waals surface area (Å²) in [6.45, 7) is 2.00. The average Bonchev–Trinajstić information content (AvgIpc) is 2.73. The molecule has 0 spiro atoms. The minimum atomic E-state index is -0.471. The summed E-state index contributed by atoms with van der Waals surface area (Å²) in [4.78, 5) is 16.1. The molecule has 0 saturated heterocycles. The lowest BCUT2D eigenvalue weighted by molar-refractivity contribution is 0.0532. The van der Waals surface area contributed by atoms with Crippen molar-refractivity contribution in [1.29, 1.82) is 0 Å². The molecule has 1 heterocycles. The van der Waals surface area contributed by atoms with Gasteiger partial charge < -0.3 is 4.74 Å². The largest absolute Gasteiger partial charge is 0.462 e. The van der Waals surface area contributed by atoms with Crippen molar-refractivity contribution in [3.8, 4) is 11.3 Å². The molecule has 0 unspecified atom stereocenters. The van der Waals surface area contributed by atoms with Crippen molar-refractivity contribution in [3.63, 3.8) is 0 Å². The number of hydrogen-bond acceptors (Lipinski definition) is 4. The fourth-order valence-corrected chi connectivity index (χ4v) is 2.46. The van der Waals surface area contributed by atoms with Crippen molar-refractivity contribution in [1.82, 2.24) is 4.98 Å². The maximum Gasteiger partial charge on any atom is 0.350 e. The van der Waals surface area contributed by atoms with Crippen molar-refractivity contribution in [2.24, 2.45) is 0 Å². The molecular formula is C12H9ClFNO2S. The first-order valence-corrected chi connectivity index (χ1v) is 6.40. The lowest BCUT2D eigenvalue weighted by Gasteiger charge is -2.02. The van der Waals surface area contributed by atoms with Gasteiger partial charge in [-0.1, -0.05) is 22.9 Å². The van der Waals surface area contributed by atoms with Crippen LogP contribution in [0.25, 0.3) is 11.3 Å². The van der Waals surface area contributed by atoms with Gasteiger partial charge in [-0.05, 0) is 31.2 Å². The van der Waals surface area contributed by atoms with Crippen LogP contribution in [0, 0.1) is 5.82 Å². The van der Waals surface area contributed by atoms with Crippen LogP contribution in [0.1, 0.15) is 16.6 Å².